The van der Waals surface area contributed by atoms with E-state index in [1.807, 2.05) is 12.1 Å². The van der Waals surface area contributed by atoms with Gasteiger partial charge in [0, 0.05) is 24.9 Å². The summed E-state index contributed by atoms with van der Waals surface area (Å²) in [7, 11) is -3.44. The summed E-state index contributed by atoms with van der Waals surface area (Å²) in [5.41, 5.74) is 7.49. The summed E-state index contributed by atoms with van der Waals surface area (Å²) in [5.74, 6) is 1.62. The summed E-state index contributed by atoms with van der Waals surface area (Å²) in [4.78, 5) is 16.7. The molecule has 0 aliphatic carbocycles. The molecule has 30 heavy (non-hydrogen) atoms. The molecule has 4 N–H and O–H groups in total. The quantitative estimate of drug-likeness (QED) is 0.506. The van der Waals surface area contributed by atoms with Crippen LogP contribution >= 0.6 is 11.6 Å². The summed E-state index contributed by atoms with van der Waals surface area (Å²) < 4.78 is 27.8. The van der Waals surface area contributed by atoms with Crippen LogP contribution in [0.25, 0.3) is 0 Å². The Morgan fingerprint density at radius 3 is 2.37 bits per heavy atom. The second-order valence-electron chi connectivity index (χ2n) is 6.59. The van der Waals surface area contributed by atoms with Crippen LogP contribution in [0, 0.1) is 0 Å². The van der Waals surface area contributed by atoms with Crippen molar-refractivity contribution in [2.45, 2.75) is 25.7 Å². The van der Waals surface area contributed by atoms with Gasteiger partial charge in [0.1, 0.15) is 11.6 Å². The van der Waals surface area contributed by atoms with Crippen molar-refractivity contribution in [3.05, 3.63) is 64.8 Å². The Morgan fingerprint density at radius 2 is 1.70 bits per heavy atom. The molecule has 0 aliphatic heterocycles. The zero-order valence-electron chi connectivity index (χ0n) is 16.0. The lowest BCUT2D eigenvalue weighted by molar-refractivity contribution is 0.461. The van der Waals surface area contributed by atoms with Gasteiger partial charge in [-0.2, -0.15) is 4.98 Å². The van der Waals surface area contributed by atoms with Crippen molar-refractivity contribution in [1.29, 1.82) is 0 Å². The van der Waals surface area contributed by atoms with E-state index in [2.05, 4.69) is 19.9 Å². The number of halogens is 1. The van der Waals surface area contributed by atoms with Gasteiger partial charge in [0.15, 0.2) is 0 Å². The Bertz CT molecular complexity index is 1090. The molecular formula is C19H21ClN6O3S. The molecule has 0 amide bonds. The summed E-state index contributed by atoms with van der Waals surface area (Å²) in [6, 6.07) is 9.01. The molecule has 2 heterocycles. The minimum absolute atomic E-state index is 0.0463. The van der Waals surface area contributed by atoms with E-state index in [9.17, 15) is 8.42 Å². The topological polar surface area (TPSA) is 147 Å². The Balaban J connectivity index is 1.60. The molecule has 158 valence electrons. The first-order chi connectivity index (χ1) is 14.3. The van der Waals surface area contributed by atoms with Crippen LogP contribution in [0.15, 0.2) is 42.7 Å². The highest BCUT2D eigenvalue weighted by atomic mass is 35.5. The summed E-state index contributed by atoms with van der Waals surface area (Å²) in [6.45, 7) is 0. The van der Waals surface area contributed by atoms with E-state index in [1.165, 1.54) is 0 Å². The zero-order valence-corrected chi connectivity index (χ0v) is 17.6. The number of anilines is 1. The number of rotatable bonds is 9. The molecule has 0 unspecified atom stereocenters. The van der Waals surface area contributed by atoms with Gasteiger partial charge in [0.25, 0.3) is 0 Å². The first kappa shape index (κ1) is 21.9. The van der Waals surface area contributed by atoms with E-state index < -0.39 is 10.0 Å². The van der Waals surface area contributed by atoms with Crippen molar-refractivity contribution >= 4 is 27.6 Å². The molecule has 0 atom stereocenters. The molecule has 3 rings (SSSR count). The van der Waals surface area contributed by atoms with Gasteiger partial charge >= 0.3 is 0 Å². The number of ether oxygens (including phenoxy) is 1. The minimum Gasteiger partial charge on any atom is -0.439 e. The molecule has 2 aromatic heterocycles. The highest BCUT2D eigenvalue weighted by Gasteiger charge is 2.08. The third-order valence-electron chi connectivity index (χ3n) is 4.09. The van der Waals surface area contributed by atoms with Crippen LogP contribution in [0.2, 0.25) is 5.02 Å². The SMILES string of the molecule is Nc1nc(CCc2ncc(Cl)cn2)cc(Oc2ccc(CCCS(N)(=O)=O)cc2)n1. The number of hydrogen-bond acceptors (Lipinski definition) is 8. The van der Waals surface area contributed by atoms with Crippen molar-refractivity contribution in [2.24, 2.45) is 5.14 Å². The smallest absolute Gasteiger partial charge is 0.224 e. The molecule has 1 aromatic carbocycles. The molecule has 0 fully saturated rings. The van der Waals surface area contributed by atoms with Crippen molar-refractivity contribution < 1.29 is 13.2 Å². The third kappa shape index (κ3) is 7.21. The van der Waals surface area contributed by atoms with Gasteiger partial charge in [0.2, 0.25) is 21.9 Å². The number of aromatic nitrogens is 4. The van der Waals surface area contributed by atoms with E-state index in [4.69, 9.17) is 27.2 Å². The van der Waals surface area contributed by atoms with Crippen molar-refractivity contribution in [3.8, 4) is 11.6 Å². The number of nitrogens with zero attached hydrogens (tertiary/aromatic N) is 4. The van der Waals surface area contributed by atoms with E-state index in [0.717, 1.165) is 5.56 Å². The molecule has 0 radical (unpaired) electrons. The molecule has 9 nitrogen and oxygen atoms in total. The maximum Gasteiger partial charge on any atom is 0.224 e. The summed E-state index contributed by atoms with van der Waals surface area (Å²) >= 11 is 5.79. The molecule has 0 aliphatic rings. The molecule has 0 saturated heterocycles. The minimum atomic E-state index is -3.44. The Kier molecular flexibility index (Phi) is 7.14. The van der Waals surface area contributed by atoms with Gasteiger partial charge in [-0.15, -0.1) is 0 Å². The molecule has 11 heteroatoms. The van der Waals surface area contributed by atoms with Gasteiger partial charge in [0.05, 0.1) is 16.5 Å². The molecule has 0 spiro atoms. The van der Waals surface area contributed by atoms with Gasteiger partial charge in [-0.1, -0.05) is 23.7 Å². The van der Waals surface area contributed by atoms with E-state index in [1.54, 1.807) is 30.6 Å². The monoisotopic (exact) mass is 448 g/mol. The van der Waals surface area contributed by atoms with Crippen molar-refractivity contribution in [3.63, 3.8) is 0 Å². The Labute approximate surface area is 179 Å². The fourth-order valence-corrected chi connectivity index (χ4v) is 3.35. The molecule has 0 bridgehead atoms. The first-order valence-electron chi connectivity index (χ1n) is 9.14. The average molecular weight is 449 g/mol. The number of benzene rings is 1. The number of aryl methyl sites for hydroxylation is 3. The van der Waals surface area contributed by atoms with E-state index in [-0.39, 0.29) is 11.7 Å². The summed E-state index contributed by atoms with van der Waals surface area (Å²) in [6.07, 6.45) is 5.29. The van der Waals surface area contributed by atoms with E-state index >= 15 is 0 Å². The maximum atomic E-state index is 11.0. The highest BCUT2D eigenvalue weighted by Crippen LogP contribution is 2.22. The predicted octanol–water partition coefficient (Wildman–Crippen LogP) is 2.30. The number of sulfonamides is 1. The van der Waals surface area contributed by atoms with Gasteiger partial charge < -0.3 is 10.5 Å². The first-order valence-corrected chi connectivity index (χ1v) is 11.2. The maximum absolute atomic E-state index is 11.0. The van der Waals surface area contributed by atoms with Crippen molar-refractivity contribution in [2.75, 3.05) is 11.5 Å². The van der Waals surface area contributed by atoms with Gasteiger partial charge in [-0.3, -0.25) is 0 Å². The number of nitrogens with two attached hydrogens (primary N) is 2. The largest absolute Gasteiger partial charge is 0.439 e. The molecule has 3 aromatic rings. The lowest BCUT2D eigenvalue weighted by atomic mass is 10.1. The second-order valence-corrected chi connectivity index (χ2v) is 8.76. The Hall–Kier alpha value is -2.82. The number of primary sulfonamides is 1. The normalized spacial score (nSPS) is 11.4. The van der Waals surface area contributed by atoms with Crippen LogP contribution in [0.1, 0.15) is 23.5 Å². The average Bonchev–Trinajstić information content (AvgIpc) is 2.68. The second kappa shape index (κ2) is 9.79. The van der Waals surface area contributed by atoms with Crippen LogP contribution in [-0.2, 0) is 29.3 Å². The fourth-order valence-electron chi connectivity index (χ4n) is 2.70. The third-order valence-corrected chi connectivity index (χ3v) is 5.14. The van der Waals surface area contributed by atoms with Crippen LogP contribution in [0.3, 0.4) is 0 Å². The predicted molar refractivity (Wildman–Crippen MR) is 114 cm³/mol. The lowest BCUT2D eigenvalue weighted by Crippen LogP contribution is -2.16. The number of hydrogen-bond donors (Lipinski definition) is 2. The highest BCUT2D eigenvalue weighted by molar-refractivity contribution is 7.89. The standard InChI is InChI=1S/C19H21ClN6O3S/c20-14-11-23-17(24-12-14)8-5-15-10-18(26-19(21)25-15)29-16-6-3-13(4-7-16)2-1-9-30(22,27)28/h3-4,6-7,10-12H,1-2,5,8-9H2,(H2,21,25,26)(H2,22,27,28). The zero-order chi connectivity index (χ0) is 21.6. The summed E-state index contributed by atoms with van der Waals surface area (Å²) in [5, 5.41) is 5.49. The van der Waals surface area contributed by atoms with Gasteiger partial charge in [-0.25, -0.2) is 28.5 Å². The van der Waals surface area contributed by atoms with Crippen LogP contribution < -0.4 is 15.6 Å². The lowest BCUT2D eigenvalue weighted by Gasteiger charge is -2.08. The number of nitrogen functional groups attached to an aromatic ring is 1. The van der Waals surface area contributed by atoms with E-state index in [0.29, 0.717) is 53.9 Å². The van der Waals surface area contributed by atoms with Crippen LogP contribution in [0.4, 0.5) is 5.95 Å². The molecular weight excluding hydrogens is 428 g/mol. The van der Waals surface area contributed by atoms with Crippen molar-refractivity contribution in [1.82, 2.24) is 19.9 Å². The van der Waals surface area contributed by atoms with Crippen LogP contribution in [-0.4, -0.2) is 34.1 Å². The Morgan fingerprint density at radius 1 is 1.00 bits per heavy atom. The van der Waals surface area contributed by atoms with Gasteiger partial charge in [-0.05, 0) is 37.0 Å². The van der Waals surface area contributed by atoms with Crippen LogP contribution in [0.5, 0.6) is 11.6 Å². The molecule has 0 saturated carbocycles. The fraction of sp³-hybridized carbons (Fsp3) is 0.263.